The molecule has 0 bridgehead atoms. The molecule has 4 aromatic rings. The zero-order chi connectivity index (χ0) is 24.0. The van der Waals surface area contributed by atoms with Crippen molar-refractivity contribution in [3.8, 4) is 0 Å². The van der Waals surface area contributed by atoms with Crippen molar-refractivity contribution in [3.63, 3.8) is 0 Å². The maximum Gasteiger partial charge on any atom is 0.270 e. The topological polar surface area (TPSA) is 61.0 Å². The Balaban J connectivity index is 1.27. The molecule has 0 aliphatic heterocycles. The summed E-state index contributed by atoms with van der Waals surface area (Å²) in [5.41, 5.74) is 5.64. The molecule has 2 aromatic heterocycles. The average Bonchev–Trinajstić information content (AvgIpc) is 3.52. The van der Waals surface area contributed by atoms with Gasteiger partial charge in [0.1, 0.15) is 10.7 Å². The summed E-state index contributed by atoms with van der Waals surface area (Å²) in [6.45, 7) is 4.62. The highest BCUT2D eigenvalue weighted by molar-refractivity contribution is 7.09. The largest absolute Gasteiger partial charge is 0.361 e. The van der Waals surface area contributed by atoms with E-state index in [0.717, 1.165) is 43.9 Å². The summed E-state index contributed by atoms with van der Waals surface area (Å²) in [6.07, 6.45) is 8.95. The van der Waals surface area contributed by atoms with Crippen molar-refractivity contribution < 1.29 is 4.79 Å². The van der Waals surface area contributed by atoms with E-state index < -0.39 is 0 Å². The van der Waals surface area contributed by atoms with E-state index >= 15 is 0 Å². The molecular formula is C29H34N4OS. The molecule has 1 saturated carbocycles. The van der Waals surface area contributed by atoms with Crippen LogP contribution in [0.2, 0.25) is 0 Å². The molecule has 0 saturated heterocycles. The normalized spacial score (nSPS) is 14.6. The van der Waals surface area contributed by atoms with E-state index in [4.69, 9.17) is 4.98 Å². The van der Waals surface area contributed by atoms with Crippen LogP contribution in [0.15, 0.2) is 60.1 Å². The number of carbonyl (C=O) groups excluding carboxylic acids is 1. The Labute approximate surface area is 211 Å². The molecule has 6 heteroatoms. The van der Waals surface area contributed by atoms with Crippen molar-refractivity contribution in [2.24, 2.45) is 0 Å². The SMILES string of the molecule is Cc1ccc(CN(CCc2c[nH]c3ccccc23)Cc2nc(C(=O)NC3CCCCC3)cs2)cc1. The fraction of sp³-hybridized carbons (Fsp3) is 0.379. The van der Waals surface area contributed by atoms with Gasteiger partial charge in [-0.15, -0.1) is 11.3 Å². The molecule has 2 heterocycles. The molecular weight excluding hydrogens is 452 g/mol. The Morgan fingerprint density at radius 1 is 1.09 bits per heavy atom. The van der Waals surface area contributed by atoms with Crippen LogP contribution in [0.5, 0.6) is 0 Å². The van der Waals surface area contributed by atoms with Crippen molar-refractivity contribution in [1.29, 1.82) is 0 Å². The number of benzene rings is 2. The maximum atomic E-state index is 12.8. The highest BCUT2D eigenvalue weighted by Gasteiger charge is 2.19. The number of nitrogens with one attached hydrogen (secondary N) is 2. The summed E-state index contributed by atoms with van der Waals surface area (Å²) in [5, 5.41) is 7.39. The third kappa shape index (κ3) is 6.19. The smallest absolute Gasteiger partial charge is 0.270 e. The van der Waals surface area contributed by atoms with Gasteiger partial charge in [0.2, 0.25) is 0 Å². The number of aromatic amines is 1. The number of amides is 1. The van der Waals surface area contributed by atoms with Gasteiger partial charge < -0.3 is 10.3 Å². The van der Waals surface area contributed by atoms with Crippen LogP contribution < -0.4 is 5.32 Å². The number of aryl methyl sites for hydroxylation is 1. The van der Waals surface area contributed by atoms with Crippen LogP contribution in [0.4, 0.5) is 0 Å². The molecule has 0 radical (unpaired) electrons. The number of rotatable bonds is 9. The third-order valence-electron chi connectivity index (χ3n) is 6.98. The van der Waals surface area contributed by atoms with E-state index in [1.54, 1.807) is 11.3 Å². The standard InChI is InChI=1S/C29H34N4OS/c1-21-11-13-22(14-12-21)18-33(16-15-23-17-30-26-10-6-5-9-25(23)26)19-28-32-27(20-35-28)29(34)31-24-7-3-2-4-8-24/h5-6,9-14,17,20,24,30H,2-4,7-8,15-16,18-19H2,1H3,(H,31,34). The predicted octanol–water partition coefficient (Wildman–Crippen LogP) is 6.24. The molecule has 0 unspecified atom stereocenters. The molecule has 0 atom stereocenters. The lowest BCUT2D eigenvalue weighted by molar-refractivity contribution is 0.0923. The predicted molar refractivity (Wildman–Crippen MR) is 144 cm³/mol. The quantitative estimate of drug-likeness (QED) is 0.294. The summed E-state index contributed by atoms with van der Waals surface area (Å²) < 4.78 is 0. The number of hydrogen-bond donors (Lipinski definition) is 2. The zero-order valence-corrected chi connectivity index (χ0v) is 21.2. The fourth-order valence-corrected chi connectivity index (χ4v) is 5.78. The van der Waals surface area contributed by atoms with Gasteiger partial charge >= 0.3 is 0 Å². The number of H-pyrrole nitrogens is 1. The number of fused-ring (bicyclic) bond motifs is 1. The zero-order valence-electron chi connectivity index (χ0n) is 20.4. The fourth-order valence-electron chi connectivity index (χ4n) is 4.97. The van der Waals surface area contributed by atoms with Crippen LogP contribution in [0.25, 0.3) is 10.9 Å². The lowest BCUT2D eigenvalue weighted by atomic mass is 9.95. The minimum absolute atomic E-state index is 0.0247. The Bertz CT molecular complexity index is 1250. The minimum Gasteiger partial charge on any atom is -0.361 e. The Morgan fingerprint density at radius 3 is 2.71 bits per heavy atom. The van der Waals surface area contributed by atoms with Crippen molar-refractivity contribution in [3.05, 3.63) is 87.5 Å². The van der Waals surface area contributed by atoms with E-state index in [9.17, 15) is 4.79 Å². The monoisotopic (exact) mass is 486 g/mol. The first-order valence-corrected chi connectivity index (χ1v) is 13.6. The summed E-state index contributed by atoms with van der Waals surface area (Å²) in [4.78, 5) is 23.3. The lowest BCUT2D eigenvalue weighted by Crippen LogP contribution is -2.36. The Hall–Kier alpha value is -2.96. The molecule has 2 aromatic carbocycles. The molecule has 1 aliphatic rings. The highest BCUT2D eigenvalue weighted by Crippen LogP contribution is 2.21. The van der Waals surface area contributed by atoms with E-state index in [-0.39, 0.29) is 5.91 Å². The number of hydrogen-bond acceptors (Lipinski definition) is 4. The molecule has 5 rings (SSSR count). The number of para-hydroxylation sites is 1. The van der Waals surface area contributed by atoms with E-state index in [2.05, 4.69) is 76.9 Å². The summed E-state index contributed by atoms with van der Waals surface area (Å²) >= 11 is 1.59. The van der Waals surface area contributed by atoms with Crippen LogP contribution in [0.1, 0.15) is 64.3 Å². The maximum absolute atomic E-state index is 12.8. The van der Waals surface area contributed by atoms with E-state index in [0.29, 0.717) is 11.7 Å². The summed E-state index contributed by atoms with van der Waals surface area (Å²) in [5.74, 6) is -0.0247. The molecule has 5 nitrogen and oxygen atoms in total. The van der Waals surface area contributed by atoms with E-state index in [1.807, 2.05) is 5.38 Å². The summed E-state index contributed by atoms with van der Waals surface area (Å²) in [6, 6.07) is 17.5. The van der Waals surface area contributed by atoms with Gasteiger partial charge in [-0.3, -0.25) is 9.69 Å². The first-order chi connectivity index (χ1) is 17.1. The third-order valence-corrected chi connectivity index (χ3v) is 7.82. The number of thiazole rings is 1. The van der Waals surface area contributed by atoms with Gasteiger partial charge in [-0.2, -0.15) is 0 Å². The van der Waals surface area contributed by atoms with Gasteiger partial charge in [0.05, 0.1) is 6.54 Å². The number of aromatic nitrogens is 2. The molecule has 0 spiro atoms. The van der Waals surface area contributed by atoms with Crippen molar-refractivity contribution >= 4 is 28.1 Å². The van der Waals surface area contributed by atoms with Crippen LogP contribution in [0.3, 0.4) is 0 Å². The molecule has 1 amide bonds. The van der Waals surface area contributed by atoms with Crippen molar-refractivity contribution in [2.45, 2.75) is 64.6 Å². The van der Waals surface area contributed by atoms with E-state index in [1.165, 1.54) is 46.9 Å². The minimum atomic E-state index is -0.0247. The van der Waals surface area contributed by atoms with Gasteiger partial charge in [0.15, 0.2) is 0 Å². The van der Waals surface area contributed by atoms with Gasteiger partial charge in [-0.25, -0.2) is 4.98 Å². The molecule has 2 N–H and O–H groups in total. The van der Waals surface area contributed by atoms with Crippen LogP contribution in [-0.4, -0.2) is 33.4 Å². The van der Waals surface area contributed by atoms with Crippen molar-refractivity contribution in [1.82, 2.24) is 20.2 Å². The van der Waals surface area contributed by atoms with Gasteiger partial charge in [0, 0.05) is 41.6 Å². The number of nitrogens with zero attached hydrogens (tertiary/aromatic N) is 2. The average molecular weight is 487 g/mol. The first kappa shape index (κ1) is 23.8. The Morgan fingerprint density at radius 2 is 1.89 bits per heavy atom. The van der Waals surface area contributed by atoms with Gasteiger partial charge in [-0.1, -0.05) is 67.3 Å². The summed E-state index contributed by atoms with van der Waals surface area (Å²) in [7, 11) is 0. The van der Waals surface area contributed by atoms with Gasteiger partial charge in [0.25, 0.3) is 5.91 Å². The number of carbonyl (C=O) groups is 1. The second kappa shape index (κ2) is 11.2. The molecule has 1 aliphatic carbocycles. The lowest BCUT2D eigenvalue weighted by Gasteiger charge is -2.22. The second-order valence-electron chi connectivity index (χ2n) is 9.74. The molecule has 35 heavy (non-hydrogen) atoms. The van der Waals surface area contributed by atoms with Gasteiger partial charge in [-0.05, 0) is 43.4 Å². The molecule has 182 valence electrons. The van der Waals surface area contributed by atoms with Crippen LogP contribution in [0, 0.1) is 6.92 Å². The Kier molecular flexibility index (Phi) is 7.60. The van der Waals surface area contributed by atoms with Crippen LogP contribution in [-0.2, 0) is 19.5 Å². The second-order valence-corrected chi connectivity index (χ2v) is 10.7. The van der Waals surface area contributed by atoms with Crippen LogP contribution >= 0.6 is 11.3 Å². The highest BCUT2D eigenvalue weighted by atomic mass is 32.1. The first-order valence-electron chi connectivity index (χ1n) is 12.7. The molecule has 1 fully saturated rings. The van der Waals surface area contributed by atoms with Crippen molar-refractivity contribution in [2.75, 3.05) is 6.54 Å².